The maximum Gasteiger partial charge on any atom is 0.410 e. The number of imide groups is 1. The number of fused-ring (bicyclic) bond motifs is 1. The molecule has 1 atom stereocenters. The van der Waals surface area contributed by atoms with E-state index >= 15 is 0 Å². The Morgan fingerprint density at radius 1 is 0.938 bits per heavy atom. The first kappa shape index (κ1) is 33.7. The summed E-state index contributed by atoms with van der Waals surface area (Å²) in [5.74, 6) is 5.73. The Bertz CT molecular complexity index is 1690. The van der Waals surface area contributed by atoms with Gasteiger partial charge in [0.1, 0.15) is 18.2 Å². The number of piperazine rings is 1. The molecule has 13 nitrogen and oxygen atoms in total. The molecule has 1 aromatic carbocycles. The minimum absolute atomic E-state index is 0.0601. The van der Waals surface area contributed by atoms with Crippen LogP contribution in [0.15, 0.2) is 23.0 Å². The summed E-state index contributed by atoms with van der Waals surface area (Å²) in [5.41, 5.74) is 1.21. The van der Waals surface area contributed by atoms with Crippen molar-refractivity contribution in [3.05, 3.63) is 34.2 Å². The standard InChI is InChI=1S/C35H46N6O7/c1-35(2,3)48-34(46)40-17-15-39(16-18-40)32(44)24-21-25(22-24)38-13-11-26(12-14-38)47-19-5-6-23-7-8-27-29(20-23)37(4)33(45)41(27)28-9-10-30(42)36-31(28)43/h7-8,20,24-26,28H,9-19,21-22H2,1-4H3,(H,36,42,43)/t24-,25-,28?. The van der Waals surface area contributed by atoms with Gasteiger partial charge in [0.05, 0.1) is 17.1 Å². The summed E-state index contributed by atoms with van der Waals surface area (Å²) >= 11 is 0. The normalized spacial score (nSPS) is 24.1. The van der Waals surface area contributed by atoms with Crippen molar-refractivity contribution in [2.45, 2.75) is 83.1 Å². The van der Waals surface area contributed by atoms with Crippen LogP contribution in [0.4, 0.5) is 4.79 Å². The quantitative estimate of drug-likeness (QED) is 0.380. The summed E-state index contributed by atoms with van der Waals surface area (Å²) in [6.07, 6.45) is 3.93. The zero-order valence-corrected chi connectivity index (χ0v) is 28.3. The van der Waals surface area contributed by atoms with Gasteiger partial charge in [0.2, 0.25) is 17.7 Å². The number of amides is 4. The average Bonchev–Trinajstić information content (AvgIpc) is 3.27. The van der Waals surface area contributed by atoms with Crippen molar-refractivity contribution in [2.24, 2.45) is 13.0 Å². The summed E-state index contributed by atoms with van der Waals surface area (Å²) in [6.45, 7) is 9.86. The van der Waals surface area contributed by atoms with Crippen molar-refractivity contribution in [1.82, 2.24) is 29.2 Å². The maximum atomic E-state index is 13.1. The fourth-order valence-electron chi connectivity index (χ4n) is 7.16. The van der Waals surface area contributed by atoms with Gasteiger partial charge in [-0.25, -0.2) is 9.59 Å². The molecular weight excluding hydrogens is 616 g/mol. The molecule has 6 rings (SSSR count). The zero-order chi connectivity index (χ0) is 34.2. The minimum atomic E-state index is -0.719. The number of carbonyl (C=O) groups excluding carboxylic acids is 4. The van der Waals surface area contributed by atoms with E-state index in [0.717, 1.165) is 44.3 Å². The van der Waals surface area contributed by atoms with Crippen LogP contribution in [0, 0.1) is 17.8 Å². The van der Waals surface area contributed by atoms with Crippen LogP contribution in [0.25, 0.3) is 11.0 Å². The van der Waals surface area contributed by atoms with Gasteiger partial charge in [0, 0.05) is 70.3 Å². The topological polar surface area (TPSA) is 135 Å². The number of benzene rings is 1. The maximum absolute atomic E-state index is 13.1. The van der Waals surface area contributed by atoms with Crippen LogP contribution in [0.5, 0.6) is 0 Å². The Labute approximate surface area is 280 Å². The van der Waals surface area contributed by atoms with E-state index in [0.29, 0.717) is 56.3 Å². The fraction of sp³-hybridized carbons (Fsp3) is 0.629. The minimum Gasteiger partial charge on any atom is -0.444 e. The molecule has 1 aliphatic carbocycles. The molecule has 3 aliphatic heterocycles. The molecule has 4 aliphatic rings. The molecule has 13 heteroatoms. The number of ether oxygens (including phenoxy) is 2. The van der Waals surface area contributed by atoms with Gasteiger partial charge in [-0.05, 0) is 71.1 Å². The first-order valence-electron chi connectivity index (χ1n) is 17.0. The van der Waals surface area contributed by atoms with E-state index in [1.165, 1.54) is 9.13 Å². The van der Waals surface area contributed by atoms with E-state index in [1.54, 1.807) is 18.0 Å². The molecule has 0 radical (unpaired) electrons. The molecule has 0 spiro atoms. The number of hydrogen-bond donors (Lipinski definition) is 1. The van der Waals surface area contributed by atoms with Crippen LogP contribution < -0.4 is 11.0 Å². The molecule has 4 amide bonds. The van der Waals surface area contributed by atoms with Crippen LogP contribution >= 0.6 is 0 Å². The summed E-state index contributed by atoms with van der Waals surface area (Å²) < 4.78 is 14.5. The lowest BCUT2D eigenvalue weighted by Gasteiger charge is -2.46. The number of hydrogen-bond acceptors (Lipinski definition) is 8. The van der Waals surface area contributed by atoms with Crippen LogP contribution in [-0.4, -0.2) is 111 Å². The molecule has 0 bridgehead atoms. The second-order valence-corrected chi connectivity index (χ2v) is 14.3. The predicted molar refractivity (Wildman–Crippen MR) is 177 cm³/mol. The number of rotatable bonds is 5. The van der Waals surface area contributed by atoms with Crippen LogP contribution in [0.1, 0.15) is 70.9 Å². The third-order valence-electron chi connectivity index (χ3n) is 9.93. The zero-order valence-electron chi connectivity index (χ0n) is 28.3. The van der Waals surface area contributed by atoms with Crippen molar-refractivity contribution in [3.8, 4) is 11.8 Å². The fourth-order valence-corrected chi connectivity index (χ4v) is 7.16. The third kappa shape index (κ3) is 7.29. The Balaban J connectivity index is 0.920. The molecule has 1 saturated carbocycles. The van der Waals surface area contributed by atoms with Gasteiger partial charge in [-0.2, -0.15) is 0 Å². The average molecular weight is 663 g/mol. The number of likely N-dealkylation sites (tertiary alicyclic amines) is 1. The van der Waals surface area contributed by atoms with Gasteiger partial charge >= 0.3 is 11.8 Å². The number of aromatic nitrogens is 2. The van der Waals surface area contributed by atoms with Gasteiger partial charge in [-0.15, -0.1) is 0 Å². The molecule has 48 heavy (non-hydrogen) atoms. The highest BCUT2D eigenvalue weighted by Gasteiger charge is 2.41. The molecular formula is C35H46N6O7. The molecule has 1 aromatic heterocycles. The molecule has 1 N–H and O–H groups in total. The van der Waals surface area contributed by atoms with Gasteiger partial charge in [0.25, 0.3) is 0 Å². The lowest BCUT2D eigenvalue weighted by molar-refractivity contribution is -0.143. The number of aryl methyl sites for hydroxylation is 1. The molecule has 258 valence electrons. The van der Waals surface area contributed by atoms with Crippen molar-refractivity contribution in [2.75, 3.05) is 45.9 Å². The van der Waals surface area contributed by atoms with Gasteiger partial charge < -0.3 is 24.2 Å². The highest BCUT2D eigenvalue weighted by Crippen LogP contribution is 2.35. The predicted octanol–water partition coefficient (Wildman–Crippen LogP) is 2.01. The van der Waals surface area contributed by atoms with E-state index in [2.05, 4.69) is 22.1 Å². The lowest BCUT2D eigenvalue weighted by Crippen LogP contribution is -2.56. The number of imidazole rings is 1. The lowest BCUT2D eigenvalue weighted by atomic mass is 9.77. The largest absolute Gasteiger partial charge is 0.444 e. The van der Waals surface area contributed by atoms with E-state index < -0.39 is 17.6 Å². The summed E-state index contributed by atoms with van der Waals surface area (Å²) in [6, 6.07) is 5.18. The Kier molecular flexibility index (Phi) is 9.67. The van der Waals surface area contributed by atoms with Crippen LogP contribution in [0.2, 0.25) is 0 Å². The van der Waals surface area contributed by atoms with E-state index in [4.69, 9.17) is 9.47 Å². The second kappa shape index (κ2) is 13.8. The Morgan fingerprint density at radius 2 is 1.62 bits per heavy atom. The van der Waals surface area contributed by atoms with E-state index in [9.17, 15) is 24.0 Å². The smallest absolute Gasteiger partial charge is 0.410 e. The van der Waals surface area contributed by atoms with Gasteiger partial charge in [-0.1, -0.05) is 11.8 Å². The van der Waals surface area contributed by atoms with Gasteiger partial charge in [0.15, 0.2) is 0 Å². The number of nitrogens with zero attached hydrogens (tertiary/aromatic N) is 5. The van der Waals surface area contributed by atoms with Crippen molar-refractivity contribution >= 4 is 34.8 Å². The molecule has 1 unspecified atom stereocenters. The first-order chi connectivity index (χ1) is 22.9. The summed E-state index contributed by atoms with van der Waals surface area (Å²) in [5, 5.41) is 2.33. The van der Waals surface area contributed by atoms with Crippen molar-refractivity contribution < 1.29 is 28.7 Å². The highest BCUT2D eigenvalue weighted by atomic mass is 16.6. The number of nitrogens with one attached hydrogen (secondary N) is 1. The number of piperidine rings is 2. The molecule has 4 heterocycles. The van der Waals surface area contributed by atoms with Gasteiger partial charge in [-0.3, -0.25) is 28.8 Å². The molecule has 3 saturated heterocycles. The number of carbonyl (C=O) groups is 4. The molecule has 4 fully saturated rings. The second-order valence-electron chi connectivity index (χ2n) is 14.3. The van der Waals surface area contributed by atoms with Crippen LogP contribution in [-0.2, 0) is 30.9 Å². The van der Waals surface area contributed by atoms with E-state index in [1.807, 2.05) is 37.8 Å². The van der Waals surface area contributed by atoms with Crippen molar-refractivity contribution in [1.29, 1.82) is 0 Å². The summed E-state index contributed by atoms with van der Waals surface area (Å²) in [7, 11) is 1.67. The summed E-state index contributed by atoms with van der Waals surface area (Å²) in [4.78, 5) is 68.5. The highest BCUT2D eigenvalue weighted by molar-refractivity contribution is 6.00. The van der Waals surface area contributed by atoms with Crippen LogP contribution in [0.3, 0.4) is 0 Å². The monoisotopic (exact) mass is 662 g/mol. The van der Waals surface area contributed by atoms with E-state index in [-0.39, 0.29) is 42.0 Å². The Hall–Kier alpha value is -4.15. The first-order valence-corrected chi connectivity index (χ1v) is 17.0. The SMILES string of the molecule is Cn1c(=O)n(C2CCC(=O)NC2=O)c2ccc(C#CCOC3CCN([C@H]4C[C@H](C(=O)N5CCN(C(=O)OC(C)(C)C)CC5)C4)CC3)cc21. The Morgan fingerprint density at radius 3 is 2.29 bits per heavy atom. The third-order valence-corrected chi connectivity index (χ3v) is 9.93. The van der Waals surface area contributed by atoms with Crippen molar-refractivity contribution in [3.63, 3.8) is 0 Å². The molecule has 2 aromatic rings.